The first-order valence-corrected chi connectivity index (χ1v) is 6.75. The summed E-state index contributed by atoms with van der Waals surface area (Å²) in [4.78, 5) is 33.7. The van der Waals surface area contributed by atoms with Gasteiger partial charge in [0, 0.05) is 13.2 Å². The number of phenols is 1. The Hall–Kier alpha value is -2.94. The van der Waals surface area contributed by atoms with E-state index in [0.29, 0.717) is 0 Å². The molecule has 9 heteroatoms. The number of benzene rings is 1. The van der Waals surface area contributed by atoms with Gasteiger partial charge in [0.15, 0.2) is 11.5 Å². The predicted molar refractivity (Wildman–Crippen MR) is 82.8 cm³/mol. The molecule has 0 aliphatic heterocycles. The van der Waals surface area contributed by atoms with E-state index in [-0.39, 0.29) is 30.1 Å². The zero-order valence-corrected chi connectivity index (χ0v) is 13.4. The number of phenolic OH excluding ortho intramolecular Hbond substituents is 1. The van der Waals surface area contributed by atoms with Gasteiger partial charge in [-0.05, 0) is 24.6 Å². The number of carbonyl (C=O) groups is 2. The van der Waals surface area contributed by atoms with Crippen molar-refractivity contribution in [3.8, 4) is 11.5 Å². The standard InChI is InChI=1S/C15H17NO8/c1-9(17)11(15(19)24-5-4-22-2)6-10-7-12(16(20)21)14(18)13(8-10)23-3/h6-8,18H,4-5H2,1-3H3/b11-6+. The molecular formula is C15H17NO8. The molecule has 0 radical (unpaired) electrons. The van der Waals surface area contributed by atoms with E-state index in [1.807, 2.05) is 0 Å². The fraction of sp³-hybridized carbons (Fsp3) is 0.333. The van der Waals surface area contributed by atoms with E-state index < -0.39 is 28.1 Å². The number of nitrogens with zero attached hydrogens (tertiary/aromatic N) is 1. The number of rotatable bonds is 8. The van der Waals surface area contributed by atoms with E-state index in [1.165, 1.54) is 20.3 Å². The van der Waals surface area contributed by atoms with Gasteiger partial charge >= 0.3 is 11.7 Å². The minimum atomic E-state index is -0.880. The summed E-state index contributed by atoms with van der Waals surface area (Å²) in [7, 11) is 2.65. The molecule has 0 atom stereocenters. The maximum Gasteiger partial charge on any atom is 0.341 e. The lowest BCUT2D eigenvalue weighted by Gasteiger charge is -2.08. The Morgan fingerprint density at radius 3 is 2.46 bits per heavy atom. The second-order valence-electron chi connectivity index (χ2n) is 4.59. The first kappa shape index (κ1) is 19.1. The summed E-state index contributed by atoms with van der Waals surface area (Å²) >= 11 is 0. The molecule has 0 saturated carbocycles. The van der Waals surface area contributed by atoms with Crippen LogP contribution in [0.5, 0.6) is 11.5 Å². The van der Waals surface area contributed by atoms with Crippen LogP contribution < -0.4 is 4.74 Å². The summed E-state index contributed by atoms with van der Waals surface area (Å²) in [6.45, 7) is 1.28. The van der Waals surface area contributed by atoms with Crippen LogP contribution >= 0.6 is 0 Å². The number of carbonyl (C=O) groups excluding carboxylic acids is 2. The van der Waals surface area contributed by atoms with Gasteiger partial charge in [0.2, 0.25) is 5.75 Å². The highest BCUT2D eigenvalue weighted by atomic mass is 16.6. The molecule has 0 heterocycles. The van der Waals surface area contributed by atoms with Crippen LogP contribution in [0, 0.1) is 10.1 Å². The zero-order valence-electron chi connectivity index (χ0n) is 13.4. The number of ether oxygens (including phenoxy) is 3. The average Bonchev–Trinajstić information content (AvgIpc) is 2.53. The fourth-order valence-corrected chi connectivity index (χ4v) is 1.76. The van der Waals surface area contributed by atoms with Crippen LogP contribution in [0.15, 0.2) is 17.7 Å². The van der Waals surface area contributed by atoms with Crippen molar-refractivity contribution in [3.63, 3.8) is 0 Å². The molecule has 0 fully saturated rings. The number of esters is 1. The molecular weight excluding hydrogens is 322 g/mol. The Kier molecular flexibility index (Phi) is 6.87. The van der Waals surface area contributed by atoms with Crippen molar-refractivity contribution in [2.45, 2.75) is 6.92 Å². The third kappa shape index (κ3) is 4.78. The van der Waals surface area contributed by atoms with Gasteiger partial charge in [-0.3, -0.25) is 14.9 Å². The van der Waals surface area contributed by atoms with Gasteiger partial charge in [-0.25, -0.2) is 4.79 Å². The number of hydrogen-bond acceptors (Lipinski definition) is 8. The van der Waals surface area contributed by atoms with E-state index >= 15 is 0 Å². The lowest BCUT2D eigenvalue weighted by Crippen LogP contribution is -2.16. The quantitative estimate of drug-likeness (QED) is 0.144. The van der Waals surface area contributed by atoms with Crippen molar-refractivity contribution < 1.29 is 33.8 Å². The second kappa shape index (κ2) is 8.63. The van der Waals surface area contributed by atoms with Gasteiger partial charge in [0.05, 0.1) is 18.6 Å². The molecule has 1 rings (SSSR count). The van der Waals surface area contributed by atoms with Crippen LogP contribution in [0.4, 0.5) is 5.69 Å². The fourth-order valence-electron chi connectivity index (χ4n) is 1.76. The first-order valence-electron chi connectivity index (χ1n) is 6.75. The molecule has 24 heavy (non-hydrogen) atoms. The summed E-state index contributed by atoms with van der Waals surface area (Å²) < 4.78 is 14.5. The molecule has 1 aromatic rings. The molecule has 1 N–H and O–H groups in total. The number of nitro benzene ring substituents is 1. The molecule has 0 amide bonds. The highest BCUT2D eigenvalue weighted by Crippen LogP contribution is 2.37. The number of hydrogen-bond donors (Lipinski definition) is 1. The number of ketones is 1. The average molecular weight is 339 g/mol. The van der Waals surface area contributed by atoms with E-state index in [9.17, 15) is 24.8 Å². The van der Waals surface area contributed by atoms with Crippen LogP contribution in [-0.2, 0) is 19.1 Å². The maximum atomic E-state index is 11.9. The monoisotopic (exact) mass is 339 g/mol. The van der Waals surface area contributed by atoms with Crippen molar-refractivity contribution in [2.24, 2.45) is 0 Å². The molecule has 0 aromatic heterocycles. The van der Waals surface area contributed by atoms with Crippen molar-refractivity contribution in [1.29, 1.82) is 0 Å². The van der Waals surface area contributed by atoms with Crippen molar-refractivity contribution in [1.82, 2.24) is 0 Å². The van der Waals surface area contributed by atoms with Gasteiger partial charge in [0.1, 0.15) is 12.2 Å². The summed E-state index contributed by atoms with van der Waals surface area (Å²) in [6.07, 6.45) is 1.13. The Morgan fingerprint density at radius 2 is 1.96 bits per heavy atom. The van der Waals surface area contributed by atoms with Crippen LogP contribution in [-0.4, -0.2) is 49.2 Å². The van der Waals surface area contributed by atoms with Gasteiger partial charge in [-0.1, -0.05) is 0 Å². The molecule has 0 spiro atoms. The van der Waals surface area contributed by atoms with Gasteiger partial charge in [-0.15, -0.1) is 0 Å². The van der Waals surface area contributed by atoms with Crippen molar-refractivity contribution in [2.75, 3.05) is 27.4 Å². The van der Waals surface area contributed by atoms with E-state index in [4.69, 9.17) is 14.2 Å². The Labute approximate surface area is 137 Å². The number of Topliss-reactive ketones (excluding diaryl/α,β-unsaturated/α-hetero) is 1. The van der Waals surface area contributed by atoms with Crippen LogP contribution in [0.3, 0.4) is 0 Å². The minimum absolute atomic E-state index is 0.0427. The van der Waals surface area contributed by atoms with Crippen molar-refractivity contribution >= 4 is 23.5 Å². The summed E-state index contributed by atoms with van der Waals surface area (Å²) in [5.41, 5.74) is -0.783. The molecule has 1 aromatic carbocycles. The van der Waals surface area contributed by atoms with Crippen LogP contribution in [0.25, 0.3) is 6.08 Å². The molecule has 130 valence electrons. The molecule has 0 bridgehead atoms. The normalized spacial score (nSPS) is 11.0. The van der Waals surface area contributed by atoms with Gasteiger partial charge in [-0.2, -0.15) is 0 Å². The summed E-state index contributed by atoms with van der Waals surface area (Å²) in [5, 5.41) is 20.7. The van der Waals surface area contributed by atoms with Crippen molar-refractivity contribution in [3.05, 3.63) is 33.4 Å². The summed E-state index contributed by atoms with van der Waals surface area (Å²) in [6, 6.07) is 2.27. The molecule has 0 aliphatic rings. The first-order chi connectivity index (χ1) is 11.3. The number of nitro groups is 1. The topological polar surface area (TPSA) is 125 Å². The smallest absolute Gasteiger partial charge is 0.341 e. The third-order valence-electron chi connectivity index (χ3n) is 2.92. The Morgan fingerprint density at radius 1 is 1.29 bits per heavy atom. The zero-order chi connectivity index (χ0) is 18.3. The van der Waals surface area contributed by atoms with Crippen LogP contribution in [0.2, 0.25) is 0 Å². The van der Waals surface area contributed by atoms with E-state index in [1.54, 1.807) is 0 Å². The highest BCUT2D eigenvalue weighted by Gasteiger charge is 2.21. The van der Waals surface area contributed by atoms with E-state index in [2.05, 4.69) is 0 Å². The van der Waals surface area contributed by atoms with Gasteiger partial charge in [0.25, 0.3) is 0 Å². The Bertz CT molecular complexity index is 680. The van der Waals surface area contributed by atoms with Crippen LogP contribution in [0.1, 0.15) is 12.5 Å². The minimum Gasteiger partial charge on any atom is -0.500 e. The lowest BCUT2D eigenvalue weighted by atomic mass is 10.1. The highest BCUT2D eigenvalue weighted by molar-refractivity contribution is 6.19. The van der Waals surface area contributed by atoms with E-state index in [0.717, 1.165) is 19.1 Å². The third-order valence-corrected chi connectivity index (χ3v) is 2.92. The molecule has 0 aliphatic carbocycles. The molecule has 0 unspecified atom stereocenters. The molecule has 9 nitrogen and oxygen atoms in total. The number of methoxy groups -OCH3 is 2. The maximum absolute atomic E-state index is 11.9. The second-order valence-corrected chi connectivity index (χ2v) is 4.59. The largest absolute Gasteiger partial charge is 0.500 e. The molecule has 0 saturated heterocycles. The van der Waals surface area contributed by atoms with Gasteiger partial charge < -0.3 is 19.3 Å². The lowest BCUT2D eigenvalue weighted by molar-refractivity contribution is -0.386. The predicted octanol–water partition coefficient (Wildman–Crippen LogP) is 1.47. The summed E-state index contributed by atoms with van der Waals surface area (Å²) in [5.74, 6) is -2.26. The Balaban J connectivity index is 3.27. The number of aromatic hydroxyl groups is 1. The SMILES string of the molecule is COCCOC(=O)/C(=C/c1cc(OC)c(O)c([N+](=O)[O-])c1)C(C)=O.